The smallest absolute Gasteiger partial charge is 0.247 e. The molecule has 1 saturated heterocycles. The molecule has 0 spiro atoms. The van der Waals surface area contributed by atoms with Crippen LogP contribution in [0.4, 0.5) is 17.5 Å². The Kier molecular flexibility index (Phi) is 5.03. The van der Waals surface area contributed by atoms with Gasteiger partial charge < -0.3 is 15.0 Å². The number of anilines is 3. The number of nitrogens with one attached hydrogen (secondary N) is 1. The molecule has 25 heavy (non-hydrogen) atoms. The summed E-state index contributed by atoms with van der Waals surface area (Å²) in [5, 5.41) is 11.1. The zero-order valence-corrected chi connectivity index (χ0v) is 15.0. The first-order valence-corrected chi connectivity index (χ1v) is 9.92. The van der Waals surface area contributed by atoms with Crippen molar-refractivity contribution in [3.05, 3.63) is 30.5 Å². The fraction of sp³-hybridized carbons (Fsp3) is 0.438. The van der Waals surface area contributed by atoms with Gasteiger partial charge in [0.05, 0.1) is 24.3 Å². The van der Waals surface area contributed by atoms with Crippen molar-refractivity contribution in [3.8, 4) is 5.75 Å². The van der Waals surface area contributed by atoms with E-state index in [9.17, 15) is 8.42 Å². The van der Waals surface area contributed by atoms with Crippen LogP contribution in [0.2, 0.25) is 0 Å². The lowest BCUT2D eigenvalue weighted by Gasteiger charge is -2.22. The van der Waals surface area contributed by atoms with Gasteiger partial charge in [-0.25, -0.2) is 8.42 Å². The van der Waals surface area contributed by atoms with Gasteiger partial charge in [-0.2, -0.15) is 10.1 Å². The highest BCUT2D eigenvalue weighted by atomic mass is 32.2. The van der Waals surface area contributed by atoms with Gasteiger partial charge in [0.25, 0.3) is 0 Å². The summed E-state index contributed by atoms with van der Waals surface area (Å²) in [4.78, 5) is 6.21. The molecule has 134 valence electrons. The number of rotatable bonds is 6. The Morgan fingerprint density at radius 2 is 2.08 bits per heavy atom. The number of ether oxygens (including phenoxy) is 1. The van der Waals surface area contributed by atoms with E-state index in [1.807, 2.05) is 31.2 Å². The normalized spacial score (nSPS) is 18.7. The molecule has 1 aromatic heterocycles. The Labute approximate surface area is 147 Å². The van der Waals surface area contributed by atoms with Crippen LogP contribution in [0.5, 0.6) is 5.75 Å². The first-order chi connectivity index (χ1) is 12.0. The molecule has 0 amide bonds. The zero-order chi connectivity index (χ0) is 17.9. The van der Waals surface area contributed by atoms with E-state index in [-0.39, 0.29) is 17.5 Å². The molecule has 1 atom stereocenters. The number of aromatic nitrogens is 3. The molecular formula is C16H21N5O3S. The predicted molar refractivity (Wildman–Crippen MR) is 96.2 cm³/mol. The molecule has 1 aliphatic rings. The van der Waals surface area contributed by atoms with Crippen LogP contribution in [-0.2, 0) is 9.84 Å². The fourth-order valence-electron chi connectivity index (χ4n) is 2.70. The molecule has 9 heteroatoms. The van der Waals surface area contributed by atoms with Crippen molar-refractivity contribution in [1.29, 1.82) is 0 Å². The van der Waals surface area contributed by atoms with Gasteiger partial charge in [-0.1, -0.05) is 0 Å². The van der Waals surface area contributed by atoms with Crippen LogP contribution < -0.4 is 15.0 Å². The fourth-order valence-corrected chi connectivity index (χ4v) is 4.47. The molecule has 0 radical (unpaired) electrons. The Balaban J connectivity index is 1.71. The summed E-state index contributed by atoms with van der Waals surface area (Å²) in [6.07, 6.45) is 2.11. The highest BCUT2D eigenvalue weighted by Crippen LogP contribution is 2.22. The van der Waals surface area contributed by atoms with Crippen molar-refractivity contribution in [2.75, 3.05) is 35.4 Å². The minimum atomic E-state index is -2.96. The quantitative estimate of drug-likeness (QED) is 0.827. The van der Waals surface area contributed by atoms with Crippen LogP contribution >= 0.6 is 0 Å². The Morgan fingerprint density at radius 3 is 2.72 bits per heavy atom. The minimum absolute atomic E-state index is 0.118. The lowest BCUT2D eigenvalue weighted by molar-refractivity contribution is 0.340. The maximum atomic E-state index is 11.7. The van der Waals surface area contributed by atoms with Crippen LogP contribution in [0, 0.1) is 0 Å². The third kappa shape index (κ3) is 4.36. The van der Waals surface area contributed by atoms with Crippen molar-refractivity contribution in [3.63, 3.8) is 0 Å². The van der Waals surface area contributed by atoms with E-state index in [1.165, 1.54) is 6.20 Å². The molecule has 2 aromatic rings. The topological polar surface area (TPSA) is 97.3 Å². The van der Waals surface area contributed by atoms with Crippen LogP contribution in [0.1, 0.15) is 13.3 Å². The Hall–Kier alpha value is -2.42. The van der Waals surface area contributed by atoms with E-state index in [4.69, 9.17) is 4.74 Å². The summed E-state index contributed by atoms with van der Waals surface area (Å²) in [6.45, 7) is 2.56. The largest absolute Gasteiger partial charge is 0.494 e. The molecule has 3 rings (SSSR count). The summed E-state index contributed by atoms with van der Waals surface area (Å²) >= 11 is 0. The second-order valence-corrected chi connectivity index (χ2v) is 8.12. The average molecular weight is 363 g/mol. The summed E-state index contributed by atoms with van der Waals surface area (Å²) in [5.41, 5.74) is 0.848. The third-order valence-electron chi connectivity index (χ3n) is 4.06. The molecular weight excluding hydrogens is 342 g/mol. The summed E-state index contributed by atoms with van der Waals surface area (Å²) in [5.74, 6) is 2.08. The van der Waals surface area contributed by atoms with Crippen LogP contribution in [-0.4, -0.2) is 54.8 Å². The molecule has 0 aliphatic carbocycles. The molecule has 2 heterocycles. The molecule has 0 bridgehead atoms. The first-order valence-electron chi connectivity index (χ1n) is 8.10. The van der Waals surface area contributed by atoms with E-state index < -0.39 is 9.84 Å². The van der Waals surface area contributed by atoms with Crippen LogP contribution in [0.3, 0.4) is 0 Å². The highest BCUT2D eigenvalue weighted by molar-refractivity contribution is 7.91. The molecule has 1 aromatic carbocycles. The van der Waals surface area contributed by atoms with Crippen molar-refractivity contribution in [2.45, 2.75) is 19.4 Å². The maximum absolute atomic E-state index is 11.7. The van der Waals surface area contributed by atoms with Gasteiger partial charge in [-0.15, -0.1) is 5.10 Å². The van der Waals surface area contributed by atoms with Gasteiger partial charge in [0.1, 0.15) is 5.75 Å². The third-order valence-corrected chi connectivity index (χ3v) is 5.81. The van der Waals surface area contributed by atoms with Crippen LogP contribution in [0.15, 0.2) is 30.5 Å². The van der Waals surface area contributed by atoms with Gasteiger partial charge in [0, 0.05) is 18.8 Å². The van der Waals surface area contributed by atoms with E-state index in [2.05, 4.69) is 20.5 Å². The van der Waals surface area contributed by atoms with E-state index in [1.54, 1.807) is 11.9 Å². The van der Waals surface area contributed by atoms with Gasteiger partial charge in [0.2, 0.25) is 5.95 Å². The Morgan fingerprint density at radius 1 is 1.32 bits per heavy atom. The standard InChI is InChI=1S/C16H21N5O3S/c1-3-24-14-6-4-12(5-7-14)18-15-10-17-20-16(19-15)21(2)13-8-9-25(22,23)11-13/h4-7,10,13H,3,8-9,11H2,1-2H3,(H,18,19,20). The minimum Gasteiger partial charge on any atom is -0.494 e. The van der Waals surface area contributed by atoms with E-state index in [0.29, 0.717) is 24.8 Å². The number of hydrogen-bond donors (Lipinski definition) is 1. The van der Waals surface area contributed by atoms with Gasteiger partial charge in [0.15, 0.2) is 15.7 Å². The Bertz CT molecular complexity index is 826. The number of sulfone groups is 1. The van der Waals surface area contributed by atoms with Crippen molar-refractivity contribution >= 4 is 27.3 Å². The SMILES string of the molecule is CCOc1ccc(Nc2cnnc(N(C)C3CCS(=O)(=O)C3)n2)cc1. The summed E-state index contributed by atoms with van der Waals surface area (Å²) in [7, 11) is -1.17. The first kappa shape index (κ1) is 17.4. The highest BCUT2D eigenvalue weighted by Gasteiger charge is 2.31. The molecule has 1 N–H and O–H groups in total. The second kappa shape index (κ2) is 7.22. The van der Waals surface area contributed by atoms with Crippen molar-refractivity contribution in [2.24, 2.45) is 0 Å². The lowest BCUT2D eigenvalue weighted by Crippen LogP contribution is -2.34. The van der Waals surface area contributed by atoms with E-state index >= 15 is 0 Å². The van der Waals surface area contributed by atoms with Gasteiger partial charge >= 0.3 is 0 Å². The lowest BCUT2D eigenvalue weighted by atomic mass is 10.2. The zero-order valence-electron chi connectivity index (χ0n) is 14.2. The molecule has 1 fully saturated rings. The molecule has 0 saturated carbocycles. The maximum Gasteiger partial charge on any atom is 0.247 e. The molecule has 1 aliphatic heterocycles. The number of benzene rings is 1. The van der Waals surface area contributed by atoms with E-state index in [0.717, 1.165) is 11.4 Å². The molecule has 1 unspecified atom stereocenters. The van der Waals surface area contributed by atoms with Crippen molar-refractivity contribution in [1.82, 2.24) is 15.2 Å². The second-order valence-electron chi connectivity index (χ2n) is 5.89. The van der Waals surface area contributed by atoms with Crippen LogP contribution in [0.25, 0.3) is 0 Å². The average Bonchev–Trinajstić information content (AvgIpc) is 2.96. The monoisotopic (exact) mass is 363 g/mol. The summed E-state index contributed by atoms with van der Waals surface area (Å²) < 4.78 is 28.7. The van der Waals surface area contributed by atoms with Gasteiger partial charge in [-0.3, -0.25) is 0 Å². The number of hydrogen-bond acceptors (Lipinski definition) is 8. The van der Waals surface area contributed by atoms with Crippen molar-refractivity contribution < 1.29 is 13.2 Å². The van der Waals surface area contributed by atoms with Gasteiger partial charge in [-0.05, 0) is 37.6 Å². The molecule has 8 nitrogen and oxygen atoms in total. The summed E-state index contributed by atoms with van der Waals surface area (Å²) in [6, 6.07) is 7.40. The number of nitrogens with zero attached hydrogens (tertiary/aromatic N) is 4. The predicted octanol–water partition coefficient (Wildman–Crippen LogP) is 1.64.